The van der Waals surface area contributed by atoms with Gasteiger partial charge in [0.1, 0.15) is 0 Å². The van der Waals surface area contributed by atoms with E-state index in [0.717, 1.165) is 11.3 Å². The third-order valence-corrected chi connectivity index (χ3v) is 3.32. The molecule has 1 N–H and O–H groups in total. The highest BCUT2D eigenvalue weighted by Gasteiger charge is 2.31. The summed E-state index contributed by atoms with van der Waals surface area (Å²) in [6.07, 6.45) is 2.63. The molecule has 6 heteroatoms. The summed E-state index contributed by atoms with van der Waals surface area (Å²) < 4.78 is 10.9. The number of hydrazone groups is 1. The van der Waals surface area contributed by atoms with Crippen LogP contribution in [0.3, 0.4) is 0 Å². The molecule has 1 aromatic heterocycles. The molecule has 2 heterocycles. The van der Waals surface area contributed by atoms with Gasteiger partial charge < -0.3 is 9.47 Å². The summed E-state index contributed by atoms with van der Waals surface area (Å²) in [5.74, 6) is -1.03. The van der Waals surface area contributed by atoms with Crippen LogP contribution in [0.1, 0.15) is 24.6 Å². The van der Waals surface area contributed by atoms with Gasteiger partial charge in [-0.25, -0.2) is 5.43 Å². The Morgan fingerprint density at radius 3 is 3.06 bits per heavy atom. The van der Waals surface area contributed by atoms with Crippen LogP contribution in [0.4, 0.5) is 0 Å². The number of hydrogen-bond donors (Lipinski definition) is 1. The first-order chi connectivity index (χ1) is 8.68. The second-order valence-electron chi connectivity index (χ2n) is 4.17. The van der Waals surface area contributed by atoms with E-state index in [2.05, 4.69) is 10.5 Å². The molecular formula is C12H16N2O3S. The minimum atomic E-state index is -0.819. The topological polar surface area (TPSA) is 59.9 Å². The number of amides is 1. The average molecular weight is 268 g/mol. The summed E-state index contributed by atoms with van der Waals surface area (Å²) >= 11 is 1.56. The van der Waals surface area contributed by atoms with Gasteiger partial charge >= 0.3 is 0 Å². The molecule has 98 valence electrons. The number of thiophene rings is 1. The number of hydrogen-bond acceptors (Lipinski definition) is 5. The zero-order valence-electron chi connectivity index (χ0n) is 10.2. The van der Waals surface area contributed by atoms with Crippen molar-refractivity contribution in [3.63, 3.8) is 0 Å². The lowest BCUT2D eigenvalue weighted by atomic mass is 10.2. The third kappa shape index (κ3) is 3.90. The molecule has 0 aromatic carbocycles. The molecule has 1 aliphatic heterocycles. The fourth-order valence-corrected chi connectivity index (χ4v) is 2.23. The lowest BCUT2D eigenvalue weighted by Crippen LogP contribution is -2.41. The van der Waals surface area contributed by atoms with Crippen LogP contribution in [0.15, 0.2) is 22.6 Å². The maximum atomic E-state index is 11.7. The van der Waals surface area contributed by atoms with Gasteiger partial charge in [-0.1, -0.05) is 6.07 Å². The van der Waals surface area contributed by atoms with Gasteiger partial charge in [0.05, 0.1) is 25.8 Å². The summed E-state index contributed by atoms with van der Waals surface area (Å²) in [7, 11) is 0. The van der Waals surface area contributed by atoms with Gasteiger partial charge in [-0.05, 0) is 24.8 Å². The van der Waals surface area contributed by atoms with Crippen LogP contribution in [0.2, 0.25) is 0 Å². The molecule has 1 aliphatic rings. The van der Waals surface area contributed by atoms with Crippen LogP contribution in [0, 0.1) is 0 Å². The summed E-state index contributed by atoms with van der Waals surface area (Å²) in [4.78, 5) is 12.7. The monoisotopic (exact) mass is 268 g/mol. The van der Waals surface area contributed by atoms with E-state index in [-0.39, 0.29) is 12.3 Å². The van der Waals surface area contributed by atoms with Crippen LogP contribution < -0.4 is 5.43 Å². The van der Waals surface area contributed by atoms with E-state index >= 15 is 0 Å². The average Bonchev–Trinajstić information content (AvgIpc) is 2.82. The molecule has 5 nitrogen and oxygen atoms in total. The van der Waals surface area contributed by atoms with E-state index in [1.165, 1.54) is 0 Å². The molecule has 0 radical (unpaired) electrons. The molecule has 18 heavy (non-hydrogen) atoms. The smallest absolute Gasteiger partial charge is 0.245 e. The van der Waals surface area contributed by atoms with Crippen LogP contribution in [-0.4, -0.2) is 31.1 Å². The Hall–Kier alpha value is -1.24. The summed E-state index contributed by atoms with van der Waals surface area (Å²) in [6, 6.07) is 3.85. The number of nitrogens with one attached hydrogen (secondary N) is 1. The first kappa shape index (κ1) is 13.2. The predicted octanol–water partition coefficient (Wildman–Crippen LogP) is 1.74. The maximum absolute atomic E-state index is 11.7. The minimum absolute atomic E-state index is 0.148. The molecular weight excluding hydrogens is 252 g/mol. The first-order valence-electron chi connectivity index (χ1n) is 5.81. The molecule has 0 aliphatic carbocycles. The van der Waals surface area contributed by atoms with Gasteiger partial charge in [-0.3, -0.25) is 4.79 Å². The Labute approximate surface area is 110 Å². The molecule has 2 rings (SSSR count). The van der Waals surface area contributed by atoms with E-state index in [1.807, 2.05) is 17.5 Å². The van der Waals surface area contributed by atoms with E-state index in [1.54, 1.807) is 24.5 Å². The third-order valence-electron chi connectivity index (χ3n) is 2.51. The van der Waals surface area contributed by atoms with Crippen molar-refractivity contribution in [3.8, 4) is 0 Å². The summed E-state index contributed by atoms with van der Waals surface area (Å²) in [5.41, 5.74) is 2.47. The van der Waals surface area contributed by atoms with Crippen molar-refractivity contribution in [2.45, 2.75) is 25.6 Å². The van der Waals surface area contributed by atoms with E-state index in [9.17, 15) is 4.79 Å². The molecule has 1 amide bonds. The quantitative estimate of drug-likeness (QED) is 0.668. The Morgan fingerprint density at radius 2 is 2.39 bits per heavy atom. The Kier molecular flexibility index (Phi) is 4.46. The van der Waals surface area contributed by atoms with Crippen LogP contribution in [0.5, 0.6) is 0 Å². The number of nitrogens with zero attached hydrogens (tertiary/aromatic N) is 1. The van der Waals surface area contributed by atoms with Crippen molar-refractivity contribution >= 4 is 23.5 Å². The van der Waals surface area contributed by atoms with Crippen molar-refractivity contribution in [1.29, 1.82) is 0 Å². The van der Waals surface area contributed by atoms with Crippen LogP contribution in [-0.2, 0) is 14.3 Å². The molecule has 0 spiro atoms. The highest BCUT2D eigenvalue weighted by atomic mass is 32.1. The zero-order valence-corrected chi connectivity index (χ0v) is 11.0. The van der Waals surface area contributed by atoms with Crippen LogP contribution in [0.25, 0.3) is 0 Å². The lowest BCUT2D eigenvalue weighted by molar-refractivity contribution is -0.256. The van der Waals surface area contributed by atoms with Crippen LogP contribution >= 0.6 is 11.3 Å². The highest BCUT2D eigenvalue weighted by Crippen LogP contribution is 2.21. The standard InChI is InChI=1S/C12H16N2O3S/c1-12(16-5-3-6-17-12)8-11(15)14-13-9-10-4-2-7-18-10/h2,4,7,9H,3,5-6,8H2,1H3,(H,14,15)/b13-9+. The lowest BCUT2D eigenvalue weighted by Gasteiger charge is -2.33. The van der Waals surface area contributed by atoms with Gasteiger partial charge in [-0.2, -0.15) is 5.10 Å². The van der Waals surface area contributed by atoms with Gasteiger partial charge in [0, 0.05) is 4.88 Å². The number of carbonyl (C=O) groups excluding carboxylic acids is 1. The van der Waals surface area contributed by atoms with Gasteiger partial charge in [0.25, 0.3) is 0 Å². The van der Waals surface area contributed by atoms with E-state index in [4.69, 9.17) is 9.47 Å². The number of carbonyl (C=O) groups is 1. The van der Waals surface area contributed by atoms with Gasteiger partial charge in [0.15, 0.2) is 5.79 Å². The Morgan fingerprint density at radius 1 is 1.61 bits per heavy atom. The largest absolute Gasteiger partial charge is 0.350 e. The molecule has 0 bridgehead atoms. The van der Waals surface area contributed by atoms with Gasteiger partial charge in [-0.15, -0.1) is 11.3 Å². The second kappa shape index (κ2) is 6.08. The first-order valence-corrected chi connectivity index (χ1v) is 6.69. The summed E-state index contributed by atoms with van der Waals surface area (Å²) in [6.45, 7) is 3.03. The minimum Gasteiger partial charge on any atom is -0.350 e. The molecule has 1 fully saturated rings. The zero-order chi connectivity index (χ0) is 12.8. The molecule has 1 saturated heterocycles. The predicted molar refractivity (Wildman–Crippen MR) is 69.6 cm³/mol. The number of rotatable bonds is 4. The van der Waals surface area contributed by atoms with E-state index < -0.39 is 5.79 Å². The second-order valence-corrected chi connectivity index (χ2v) is 5.15. The van der Waals surface area contributed by atoms with Crippen molar-refractivity contribution in [3.05, 3.63) is 22.4 Å². The molecule has 1 aromatic rings. The fourth-order valence-electron chi connectivity index (χ4n) is 1.64. The van der Waals surface area contributed by atoms with Crippen molar-refractivity contribution in [2.75, 3.05) is 13.2 Å². The number of ether oxygens (including phenoxy) is 2. The fraction of sp³-hybridized carbons (Fsp3) is 0.500. The molecule has 0 saturated carbocycles. The van der Waals surface area contributed by atoms with Crippen molar-refractivity contribution in [1.82, 2.24) is 5.43 Å². The Balaban J connectivity index is 1.78. The van der Waals surface area contributed by atoms with Crippen molar-refractivity contribution < 1.29 is 14.3 Å². The molecule has 0 unspecified atom stereocenters. The van der Waals surface area contributed by atoms with E-state index in [0.29, 0.717) is 13.2 Å². The highest BCUT2D eigenvalue weighted by molar-refractivity contribution is 7.11. The SMILES string of the molecule is CC1(CC(=O)N/N=C/c2cccs2)OCCCO1. The Bertz CT molecular complexity index is 411. The normalized spacial score (nSPS) is 18.9. The maximum Gasteiger partial charge on any atom is 0.245 e. The van der Waals surface area contributed by atoms with Crippen molar-refractivity contribution in [2.24, 2.45) is 5.10 Å². The molecule has 0 atom stereocenters. The summed E-state index contributed by atoms with van der Waals surface area (Å²) in [5, 5.41) is 5.84. The van der Waals surface area contributed by atoms with Gasteiger partial charge in [0.2, 0.25) is 5.91 Å².